The van der Waals surface area contributed by atoms with Crippen LogP contribution in [0.15, 0.2) is 24.3 Å². The molecular formula is C42H81NO3. The third-order valence-corrected chi connectivity index (χ3v) is 9.43. The molecule has 0 radical (unpaired) electrons. The van der Waals surface area contributed by atoms with Crippen LogP contribution in [0.5, 0.6) is 0 Å². The topological polar surface area (TPSA) is 69.6 Å². The number of carbonyl (C=O) groups is 1. The summed E-state index contributed by atoms with van der Waals surface area (Å²) in [5.41, 5.74) is 0. The van der Waals surface area contributed by atoms with E-state index < -0.39 is 12.1 Å². The summed E-state index contributed by atoms with van der Waals surface area (Å²) in [5, 5.41) is 22.9. The number of unbranched alkanes of at least 4 members (excludes halogenated alkanes) is 28. The summed E-state index contributed by atoms with van der Waals surface area (Å²) in [6.45, 7) is 4.29. The summed E-state index contributed by atoms with van der Waals surface area (Å²) in [6, 6.07) is -0.623. The van der Waals surface area contributed by atoms with E-state index in [1.54, 1.807) is 6.08 Å². The van der Waals surface area contributed by atoms with Crippen LogP contribution in [0.25, 0.3) is 0 Å². The molecule has 0 aromatic rings. The molecule has 272 valence electrons. The smallest absolute Gasteiger partial charge is 0.220 e. The lowest BCUT2D eigenvalue weighted by molar-refractivity contribution is -0.123. The van der Waals surface area contributed by atoms with Crippen molar-refractivity contribution in [2.45, 2.75) is 231 Å². The maximum Gasteiger partial charge on any atom is 0.220 e. The number of allylic oxidation sites excluding steroid dienone is 3. The Kier molecular flexibility index (Phi) is 37.4. The van der Waals surface area contributed by atoms with Gasteiger partial charge in [0.2, 0.25) is 5.91 Å². The van der Waals surface area contributed by atoms with Crippen molar-refractivity contribution < 1.29 is 15.0 Å². The molecule has 3 N–H and O–H groups in total. The largest absolute Gasteiger partial charge is 0.394 e. The van der Waals surface area contributed by atoms with Gasteiger partial charge < -0.3 is 15.5 Å². The Balaban J connectivity index is 3.56. The van der Waals surface area contributed by atoms with Crippen molar-refractivity contribution in [2.75, 3.05) is 6.61 Å². The van der Waals surface area contributed by atoms with Gasteiger partial charge >= 0.3 is 0 Å². The van der Waals surface area contributed by atoms with E-state index in [0.29, 0.717) is 6.42 Å². The molecule has 0 aliphatic carbocycles. The van der Waals surface area contributed by atoms with Gasteiger partial charge in [0.15, 0.2) is 0 Å². The molecule has 4 heteroatoms. The van der Waals surface area contributed by atoms with Gasteiger partial charge in [-0.2, -0.15) is 0 Å². The summed E-state index contributed by atoms with van der Waals surface area (Å²) in [6.07, 6.45) is 48.5. The van der Waals surface area contributed by atoms with E-state index in [1.165, 1.54) is 161 Å². The minimum Gasteiger partial charge on any atom is -0.394 e. The van der Waals surface area contributed by atoms with E-state index >= 15 is 0 Å². The van der Waals surface area contributed by atoms with E-state index in [0.717, 1.165) is 38.5 Å². The first-order chi connectivity index (χ1) is 22.7. The van der Waals surface area contributed by atoms with Gasteiger partial charge in [-0.1, -0.05) is 192 Å². The van der Waals surface area contributed by atoms with Crippen LogP contribution in [0.2, 0.25) is 0 Å². The normalized spacial score (nSPS) is 13.2. The Hall–Kier alpha value is -1.13. The summed E-state index contributed by atoms with van der Waals surface area (Å²) >= 11 is 0. The minimum absolute atomic E-state index is 0.0729. The van der Waals surface area contributed by atoms with Gasteiger partial charge in [0.05, 0.1) is 18.8 Å². The third-order valence-electron chi connectivity index (χ3n) is 9.43. The molecule has 0 heterocycles. The molecule has 0 bridgehead atoms. The highest BCUT2D eigenvalue weighted by atomic mass is 16.3. The molecule has 0 aromatic heterocycles. The van der Waals surface area contributed by atoms with E-state index in [4.69, 9.17) is 0 Å². The second-order valence-electron chi connectivity index (χ2n) is 14.1. The number of amides is 1. The number of hydrogen-bond donors (Lipinski definition) is 3. The molecule has 4 nitrogen and oxygen atoms in total. The van der Waals surface area contributed by atoms with Crippen LogP contribution in [-0.2, 0) is 4.79 Å². The minimum atomic E-state index is -0.839. The predicted molar refractivity (Wildman–Crippen MR) is 202 cm³/mol. The Labute approximate surface area is 288 Å². The Morgan fingerprint density at radius 2 is 0.826 bits per heavy atom. The number of nitrogens with one attached hydrogen (secondary N) is 1. The van der Waals surface area contributed by atoms with Crippen molar-refractivity contribution in [1.82, 2.24) is 5.32 Å². The highest BCUT2D eigenvalue weighted by Gasteiger charge is 2.17. The van der Waals surface area contributed by atoms with E-state index in [-0.39, 0.29) is 12.5 Å². The average Bonchev–Trinajstić information content (AvgIpc) is 3.06. The monoisotopic (exact) mass is 648 g/mol. The van der Waals surface area contributed by atoms with Crippen LogP contribution in [0.4, 0.5) is 0 Å². The van der Waals surface area contributed by atoms with E-state index in [9.17, 15) is 15.0 Å². The lowest BCUT2D eigenvalue weighted by Crippen LogP contribution is -2.45. The zero-order valence-corrected chi connectivity index (χ0v) is 31.1. The van der Waals surface area contributed by atoms with Gasteiger partial charge in [-0.15, -0.1) is 0 Å². The van der Waals surface area contributed by atoms with Crippen molar-refractivity contribution >= 4 is 5.91 Å². The number of aliphatic hydroxyl groups is 2. The van der Waals surface area contributed by atoms with Crippen LogP contribution in [0.3, 0.4) is 0 Å². The van der Waals surface area contributed by atoms with Crippen molar-refractivity contribution in [2.24, 2.45) is 0 Å². The quantitative estimate of drug-likeness (QED) is 0.0464. The molecule has 46 heavy (non-hydrogen) atoms. The van der Waals surface area contributed by atoms with Crippen molar-refractivity contribution in [1.29, 1.82) is 0 Å². The summed E-state index contributed by atoms with van der Waals surface area (Å²) in [7, 11) is 0. The summed E-state index contributed by atoms with van der Waals surface area (Å²) < 4.78 is 0. The number of aliphatic hydroxyl groups excluding tert-OH is 2. The molecule has 0 spiro atoms. The molecule has 2 unspecified atom stereocenters. The molecule has 1 amide bonds. The highest BCUT2D eigenvalue weighted by Crippen LogP contribution is 2.15. The van der Waals surface area contributed by atoms with Crippen LogP contribution >= 0.6 is 0 Å². The maximum absolute atomic E-state index is 12.3. The van der Waals surface area contributed by atoms with Crippen molar-refractivity contribution in [3.05, 3.63) is 24.3 Å². The Morgan fingerprint density at radius 3 is 1.22 bits per heavy atom. The number of carbonyl (C=O) groups excluding carboxylic acids is 1. The van der Waals surface area contributed by atoms with E-state index in [2.05, 4.69) is 31.3 Å². The predicted octanol–water partition coefficient (Wildman–Crippen LogP) is 12.5. The van der Waals surface area contributed by atoms with Crippen LogP contribution < -0.4 is 5.32 Å². The van der Waals surface area contributed by atoms with E-state index in [1.807, 2.05) is 6.08 Å². The van der Waals surface area contributed by atoms with Crippen molar-refractivity contribution in [3.63, 3.8) is 0 Å². The molecule has 0 rings (SSSR count). The highest BCUT2D eigenvalue weighted by molar-refractivity contribution is 5.76. The molecule has 0 fully saturated rings. The lowest BCUT2D eigenvalue weighted by atomic mass is 10.0. The molecular weight excluding hydrogens is 566 g/mol. The maximum atomic E-state index is 12.3. The van der Waals surface area contributed by atoms with Crippen LogP contribution in [0.1, 0.15) is 219 Å². The zero-order chi connectivity index (χ0) is 33.6. The summed E-state index contributed by atoms with van der Waals surface area (Å²) in [4.78, 5) is 12.3. The third kappa shape index (κ3) is 34.2. The Morgan fingerprint density at radius 1 is 0.500 bits per heavy atom. The molecule has 0 saturated carbocycles. The van der Waals surface area contributed by atoms with Crippen LogP contribution in [-0.4, -0.2) is 34.9 Å². The first-order valence-electron chi connectivity index (χ1n) is 20.6. The van der Waals surface area contributed by atoms with Gasteiger partial charge in [0.25, 0.3) is 0 Å². The van der Waals surface area contributed by atoms with Gasteiger partial charge in [0.1, 0.15) is 0 Å². The first-order valence-corrected chi connectivity index (χ1v) is 20.6. The fourth-order valence-electron chi connectivity index (χ4n) is 6.23. The molecule has 0 aromatic carbocycles. The molecule has 0 aliphatic rings. The standard InChI is InChI=1S/C42H81NO3/c1-3-5-7-9-11-13-15-17-18-19-20-21-22-23-24-26-27-29-31-33-35-37-41(45)40(39-44)43-42(46)38-36-34-32-30-28-25-16-14-12-10-8-6-4-2/h14,16,35,37,40-41,44-45H,3-13,15,17-34,36,38-39H2,1-2H3,(H,43,46)/b16-14-,37-35+. The second kappa shape index (κ2) is 38.3. The summed E-state index contributed by atoms with van der Waals surface area (Å²) in [5.74, 6) is -0.0729. The fraction of sp³-hybridized carbons (Fsp3) is 0.881. The second-order valence-corrected chi connectivity index (χ2v) is 14.1. The molecule has 0 aliphatic heterocycles. The van der Waals surface area contributed by atoms with Gasteiger partial charge in [-0.05, 0) is 44.9 Å². The number of hydrogen-bond acceptors (Lipinski definition) is 3. The first kappa shape index (κ1) is 44.9. The zero-order valence-electron chi connectivity index (χ0n) is 31.1. The Bertz CT molecular complexity index is 661. The van der Waals surface area contributed by atoms with Gasteiger partial charge in [-0.25, -0.2) is 0 Å². The van der Waals surface area contributed by atoms with Crippen molar-refractivity contribution in [3.8, 4) is 0 Å². The van der Waals surface area contributed by atoms with Gasteiger partial charge in [0, 0.05) is 6.42 Å². The fourth-order valence-corrected chi connectivity index (χ4v) is 6.23. The van der Waals surface area contributed by atoms with Crippen LogP contribution in [0, 0.1) is 0 Å². The van der Waals surface area contributed by atoms with Gasteiger partial charge in [-0.3, -0.25) is 4.79 Å². The SMILES string of the molecule is CCCCCC/C=C\CCCCCCCC(=O)NC(CO)C(O)/C=C/CCCCCCCCCCCCCCCCCCCCC. The molecule has 0 saturated heterocycles. The molecule has 2 atom stereocenters. The number of rotatable bonds is 37. The average molecular weight is 648 g/mol. The lowest BCUT2D eigenvalue weighted by Gasteiger charge is -2.20.